The van der Waals surface area contributed by atoms with Crippen LogP contribution in [-0.2, 0) is 6.54 Å². The lowest BCUT2D eigenvalue weighted by Gasteiger charge is -2.24. The van der Waals surface area contributed by atoms with E-state index in [1.165, 1.54) is 12.8 Å². The highest BCUT2D eigenvalue weighted by atomic mass is 16.4. The monoisotopic (exact) mass is 250 g/mol. The van der Waals surface area contributed by atoms with Gasteiger partial charge < -0.3 is 10.9 Å². The van der Waals surface area contributed by atoms with E-state index in [9.17, 15) is 0 Å². The largest absolute Gasteiger partial charge is 0.409 e. The fourth-order valence-electron chi connectivity index (χ4n) is 1.85. The Morgan fingerprint density at radius 3 is 2.94 bits per heavy atom. The highest BCUT2D eigenvalue weighted by Crippen LogP contribution is 2.10. The molecule has 1 heterocycles. The van der Waals surface area contributed by atoms with Crippen LogP contribution in [0, 0.1) is 0 Å². The Morgan fingerprint density at radius 2 is 2.33 bits per heavy atom. The lowest BCUT2D eigenvalue weighted by molar-refractivity contribution is 0.237. The van der Waals surface area contributed by atoms with Crippen LogP contribution in [-0.4, -0.2) is 34.0 Å². The van der Waals surface area contributed by atoms with Gasteiger partial charge in [-0.15, -0.1) is 0 Å². The third-order valence-electron chi connectivity index (χ3n) is 3.09. The predicted octanol–water partition coefficient (Wildman–Crippen LogP) is 1.80. The molecule has 0 saturated heterocycles. The summed E-state index contributed by atoms with van der Waals surface area (Å²) < 4.78 is 0. The molecule has 0 aliphatic rings. The van der Waals surface area contributed by atoms with E-state index in [1.807, 2.05) is 12.1 Å². The lowest BCUT2D eigenvalue weighted by Crippen LogP contribution is -2.28. The minimum Gasteiger partial charge on any atom is -0.409 e. The third-order valence-corrected chi connectivity index (χ3v) is 3.09. The number of nitrogens with two attached hydrogens (primary N) is 1. The second-order valence-electron chi connectivity index (χ2n) is 4.59. The molecule has 1 rings (SSSR count). The van der Waals surface area contributed by atoms with Crippen molar-refractivity contribution in [2.45, 2.75) is 39.3 Å². The summed E-state index contributed by atoms with van der Waals surface area (Å²) in [5, 5.41) is 11.6. The zero-order chi connectivity index (χ0) is 13.5. The van der Waals surface area contributed by atoms with Crippen molar-refractivity contribution in [3.05, 3.63) is 29.6 Å². The molecule has 0 aliphatic carbocycles. The molecular weight excluding hydrogens is 228 g/mol. The van der Waals surface area contributed by atoms with Crippen molar-refractivity contribution in [2.24, 2.45) is 10.9 Å². The van der Waals surface area contributed by atoms with Crippen LogP contribution in [0.25, 0.3) is 0 Å². The average Bonchev–Trinajstić information content (AvgIpc) is 2.38. The summed E-state index contributed by atoms with van der Waals surface area (Å²) in [4.78, 5) is 6.35. The maximum atomic E-state index is 8.63. The number of aromatic nitrogens is 1. The number of oxime groups is 1. The lowest BCUT2D eigenvalue weighted by atomic mass is 10.1. The number of rotatable bonds is 6. The molecule has 0 radical (unpaired) electrons. The molecular formula is C13H22N4O. The van der Waals surface area contributed by atoms with Gasteiger partial charge in [-0.1, -0.05) is 18.5 Å². The van der Waals surface area contributed by atoms with E-state index in [1.54, 1.807) is 6.20 Å². The summed E-state index contributed by atoms with van der Waals surface area (Å²) in [6.45, 7) is 5.23. The molecule has 1 aromatic heterocycles. The first-order valence-electron chi connectivity index (χ1n) is 6.21. The predicted molar refractivity (Wildman–Crippen MR) is 72.6 cm³/mol. The van der Waals surface area contributed by atoms with E-state index >= 15 is 0 Å². The molecule has 0 aromatic carbocycles. The molecule has 0 saturated carbocycles. The third kappa shape index (κ3) is 4.00. The average molecular weight is 250 g/mol. The van der Waals surface area contributed by atoms with Crippen molar-refractivity contribution in [3.8, 4) is 0 Å². The Morgan fingerprint density at radius 1 is 1.61 bits per heavy atom. The van der Waals surface area contributed by atoms with Gasteiger partial charge in [-0.2, -0.15) is 0 Å². The van der Waals surface area contributed by atoms with Gasteiger partial charge in [0, 0.05) is 18.8 Å². The molecule has 1 unspecified atom stereocenters. The number of hydrogen-bond donors (Lipinski definition) is 2. The highest BCUT2D eigenvalue weighted by Gasteiger charge is 2.09. The smallest absolute Gasteiger partial charge is 0.188 e. The quantitative estimate of drug-likeness (QED) is 0.349. The second-order valence-corrected chi connectivity index (χ2v) is 4.59. The SMILES string of the molecule is CCCC(C)N(C)Cc1ccnc(C(N)=NO)c1. The molecule has 5 nitrogen and oxygen atoms in total. The van der Waals surface area contributed by atoms with Crippen molar-refractivity contribution >= 4 is 5.84 Å². The van der Waals surface area contributed by atoms with Gasteiger partial charge >= 0.3 is 0 Å². The highest BCUT2D eigenvalue weighted by molar-refractivity contribution is 5.95. The first-order valence-corrected chi connectivity index (χ1v) is 6.21. The van der Waals surface area contributed by atoms with Crippen molar-refractivity contribution in [2.75, 3.05) is 7.05 Å². The number of amidine groups is 1. The molecule has 0 amide bonds. The molecule has 18 heavy (non-hydrogen) atoms. The Kier molecular flexibility index (Phi) is 5.58. The fourth-order valence-corrected chi connectivity index (χ4v) is 1.85. The van der Waals surface area contributed by atoms with Gasteiger partial charge in [-0.25, -0.2) is 0 Å². The van der Waals surface area contributed by atoms with Crippen LogP contribution in [0.2, 0.25) is 0 Å². The van der Waals surface area contributed by atoms with Gasteiger partial charge in [0.25, 0.3) is 0 Å². The molecule has 1 aromatic rings. The Balaban J connectivity index is 2.73. The maximum Gasteiger partial charge on any atom is 0.188 e. The molecule has 5 heteroatoms. The first-order chi connectivity index (χ1) is 8.58. The van der Waals surface area contributed by atoms with E-state index in [0.717, 1.165) is 12.1 Å². The Bertz CT molecular complexity index is 406. The minimum absolute atomic E-state index is 0.0427. The van der Waals surface area contributed by atoms with E-state index in [2.05, 4.69) is 35.9 Å². The van der Waals surface area contributed by atoms with Crippen LogP contribution in [0.1, 0.15) is 37.9 Å². The summed E-state index contributed by atoms with van der Waals surface area (Å²) in [5.41, 5.74) is 7.14. The van der Waals surface area contributed by atoms with Crippen molar-refractivity contribution in [1.82, 2.24) is 9.88 Å². The normalized spacial score (nSPS) is 13.9. The van der Waals surface area contributed by atoms with Gasteiger partial charge in [0.05, 0.1) is 0 Å². The van der Waals surface area contributed by atoms with E-state index in [-0.39, 0.29) is 5.84 Å². The van der Waals surface area contributed by atoms with Gasteiger partial charge in [-0.3, -0.25) is 9.88 Å². The summed E-state index contributed by atoms with van der Waals surface area (Å²) in [5.74, 6) is 0.0427. The van der Waals surface area contributed by atoms with Gasteiger partial charge in [0.1, 0.15) is 5.69 Å². The van der Waals surface area contributed by atoms with Crippen LogP contribution >= 0.6 is 0 Å². The van der Waals surface area contributed by atoms with Crippen LogP contribution in [0.15, 0.2) is 23.5 Å². The summed E-state index contributed by atoms with van der Waals surface area (Å²) in [6.07, 6.45) is 4.03. The molecule has 3 N–H and O–H groups in total. The van der Waals surface area contributed by atoms with Crippen molar-refractivity contribution in [3.63, 3.8) is 0 Å². The summed E-state index contributed by atoms with van der Waals surface area (Å²) in [7, 11) is 2.10. The van der Waals surface area contributed by atoms with E-state index < -0.39 is 0 Å². The van der Waals surface area contributed by atoms with Crippen LogP contribution in [0.3, 0.4) is 0 Å². The van der Waals surface area contributed by atoms with E-state index in [0.29, 0.717) is 11.7 Å². The summed E-state index contributed by atoms with van der Waals surface area (Å²) in [6, 6.07) is 4.34. The molecule has 0 aliphatic heterocycles. The van der Waals surface area contributed by atoms with Crippen LogP contribution in [0.5, 0.6) is 0 Å². The molecule has 0 fully saturated rings. The maximum absolute atomic E-state index is 8.63. The zero-order valence-corrected chi connectivity index (χ0v) is 11.3. The van der Waals surface area contributed by atoms with Crippen molar-refractivity contribution < 1.29 is 5.21 Å². The zero-order valence-electron chi connectivity index (χ0n) is 11.3. The minimum atomic E-state index is 0.0427. The van der Waals surface area contributed by atoms with Crippen LogP contribution < -0.4 is 5.73 Å². The molecule has 0 bridgehead atoms. The van der Waals surface area contributed by atoms with E-state index in [4.69, 9.17) is 10.9 Å². The van der Waals surface area contributed by atoms with Crippen molar-refractivity contribution in [1.29, 1.82) is 0 Å². The number of hydrogen-bond acceptors (Lipinski definition) is 4. The number of pyridine rings is 1. The fraction of sp³-hybridized carbons (Fsp3) is 0.538. The Hall–Kier alpha value is -1.62. The second kappa shape index (κ2) is 6.96. The van der Waals surface area contributed by atoms with Crippen LogP contribution in [0.4, 0.5) is 0 Å². The standard InChI is InChI=1S/C13H22N4O/c1-4-5-10(2)17(3)9-11-6-7-15-12(8-11)13(14)16-18/h6-8,10,18H,4-5,9H2,1-3H3,(H2,14,16). The summed E-state index contributed by atoms with van der Waals surface area (Å²) >= 11 is 0. The van der Waals surface area contributed by atoms with Gasteiger partial charge in [-0.05, 0) is 38.1 Å². The number of nitrogens with zero attached hydrogens (tertiary/aromatic N) is 3. The Labute approximate surface area is 108 Å². The molecule has 0 spiro atoms. The van der Waals surface area contributed by atoms with Gasteiger partial charge in [0.15, 0.2) is 5.84 Å². The topological polar surface area (TPSA) is 74.7 Å². The molecule has 100 valence electrons. The first kappa shape index (κ1) is 14.4. The van der Waals surface area contributed by atoms with Gasteiger partial charge in [0.2, 0.25) is 0 Å². The molecule has 1 atom stereocenters.